The van der Waals surface area contributed by atoms with Crippen molar-refractivity contribution < 1.29 is 13.2 Å². The van der Waals surface area contributed by atoms with Crippen LogP contribution in [-0.4, -0.2) is 20.3 Å². The molecular weight excluding hydrogens is 301 g/mol. The van der Waals surface area contributed by atoms with E-state index in [0.29, 0.717) is 10.6 Å². The van der Waals surface area contributed by atoms with Gasteiger partial charge in [-0.2, -0.15) is 18.3 Å². The number of rotatable bonds is 3. The molecule has 0 radical (unpaired) electrons. The normalized spacial score (nSPS) is 12.9. The van der Waals surface area contributed by atoms with E-state index in [0.717, 1.165) is 11.3 Å². The van der Waals surface area contributed by atoms with Gasteiger partial charge >= 0.3 is 6.18 Å². The summed E-state index contributed by atoms with van der Waals surface area (Å²) in [5.41, 5.74) is -0.487. The maximum Gasteiger partial charge on any atom is 0.434 e. The van der Waals surface area contributed by atoms with Crippen LogP contribution in [0.25, 0.3) is 10.6 Å². The number of nitrogens with zero attached hydrogens (tertiary/aromatic N) is 3. The van der Waals surface area contributed by atoms with Crippen molar-refractivity contribution >= 4 is 11.3 Å². The molecule has 0 amide bonds. The Hall–Kier alpha value is -1.41. The standard InChI is InChI=1S/C13H17F3N4S/c1-12(2,3)17-6-9-10(13(14,15)16)19-11(21-9)8-5-18-20(4)7-8/h5,7,17H,6H2,1-4H3. The topological polar surface area (TPSA) is 42.7 Å². The molecule has 0 bridgehead atoms. The number of thiazole rings is 1. The van der Waals surface area contributed by atoms with Crippen molar-refractivity contribution in [3.05, 3.63) is 23.0 Å². The van der Waals surface area contributed by atoms with Crippen LogP contribution in [0.2, 0.25) is 0 Å². The van der Waals surface area contributed by atoms with E-state index < -0.39 is 11.9 Å². The molecule has 2 rings (SSSR count). The van der Waals surface area contributed by atoms with Crippen LogP contribution in [-0.2, 0) is 19.8 Å². The lowest BCUT2D eigenvalue weighted by molar-refractivity contribution is -0.141. The van der Waals surface area contributed by atoms with Gasteiger partial charge in [-0.3, -0.25) is 4.68 Å². The molecule has 8 heteroatoms. The monoisotopic (exact) mass is 318 g/mol. The van der Waals surface area contributed by atoms with E-state index in [4.69, 9.17) is 0 Å². The van der Waals surface area contributed by atoms with Gasteiger partial charge in [0.25, 0.3) is 0 Å². The summed E-state index contributed by atoms with van der Waals surface area (Å²) in [6, 6.07) is 0. The summed E-state index contributed by atoms with van der Waals surface area (Å²) in [7, 11) is 1.71. The van der Waals surface area contributed by atoms with Crippen molar-refractivity contribution in [2.24, 2.45) is 7.05 Å². The van der Waals surface area contributed by atoms with Crippen LogP contribution in [0, 0.1) is 0 Å². The maximum absolute atomic E-state index is 13.1. The molecular formula is C13H17F3N4S. The van der Waals surface area contributed by atoms with Gasteiger partial charge in [0.2, 0.25) is 0 Å². The van der Waals surface area contributed by atoms with Gasteiger partial charge in [0, 0.05) is 30.9 Å². The predicted octanol–water partition coefficient (Wildman–Crippen LogP) is 3.45. The number of alkyl halides is 3. The fourth-order valence-corrected chi connectivity index (χ4v) is 2.69. The quantitative estimate of drug-likeness (QED) is 0.942. The average Bonchev–Trinajstić information content (AvgIpc) is 2.90. The van der Waals surface area contributed by atoms with Crippen LogP contribution in [0.15, 0.2) is 12.4 Å². The minimum atomic E-state index is -4.45. The van der Waals surface area contributed by atoms with Crippen LogP contribution in [0.3, 0.4) is 0 Å². The molecule has 0 aliphatic rings. The third-order valence-electron chi connectivity index (χ3n) is 2.70. The van der Waals surface area contributed by atoms with Crippen LogP contribution < -0.4 is 5.32 Å². The molecule has 0 spiro atoms. The van der Waals surface area contributed by atoms with Crippen LogP contribution >= 0.6 is 11.3 Å². The Morgan fingerprint density at radius 3 is 2.43 bits per heavy atom. The van der Waals surface area contributed by atoms with Crippen molar-refractivity contribution in [2.45, 2.75) is 39.0 Å². The first-order valence-electron chi connectivity index (χ1n) is 6.37. The molecule has 0 aliphatic carbocycles. The van der Waals surface area contributed by atoms with Crippen LogP contribution in [0.4, 0.5) is 13.2 Å². The molecule has 0 atom stereocenters. The summed E-state index contributed by atoms with van der Waals surface area (Å²) in [5, 5.41) is 7.37. The molecule has 2 aromatic heterocycles. The summed E-state index contributed by atoms with van der Waals surface area (Å²) in [5.74, 6) is 0. The zero-order chi connectivity index (χ0) is 15.8. The third-order valence-corrected chi connectivity index (χ3v) is 3.80. The highest BCUT2D eigenvalue weighted by Crippen LogP contribution is 2.37. The zero-order valence-electron chi connectivity index (χ0n) is 12.2. The van der Waals surface area contributed by atoms with Crippen molar-refractivity contribution in [1.82, 2.24) is 20.1 Å². The SMILES string of the molecule is Cn1cc(-c2nc(C(F)(F)F)c(CNC(C)(C)C)s2)cn1. The van der Waals surface area contributed by atoms with Gasteiger partial charge in [-0.15, -0.1) is 11.3 Å². The number of nitrogens with one attached hydrogen (secondary N) is 1. The maximum atomic E-state index is 13.1. The predicted molar refractivity (Wildman–Crippen MR) is 75.9 cm³/mol. The van der Waals surface area contributed by atoms with Gasteiger partial charge in [0.15, 0.2) is 5.69 Å². The molecule has 0 aliphatic heterocycles. The highest BCUT2D eigenvalue weighted by Gasteiger charge is 2.37. The highest BCUT2D eigenvalue weighted by atomic mass is 32.1. The summed E-state index contributed by atoms with van der Waals surface area (Å²) in [4.78, 5) is 3.96. The Balaban J connectivity index is 2.36. The first kappa shape index (κ1) is 16.0. The summed E-state index contributed by atoms with van der Waals surface area (Å²) < 4.78 is 40.8. The smallest absolute Gasteiger partial charge is 0.307 e. The van der Waals surface area contributed by atoms with E-state index in [1.807, 2.05) is 20.8 Å². The molecule has 2 aromatic rings. The van der Waals surface area contributed by atoms with Gasteiger partial charge in [-0.05, 0) is 20.8 Å². The second kappa shape index (κ2) is 5.42. The first-order chi connectivity index (χ1) is 9.56. The minimum absolute atomic E-state index is 0.135. The molecule has 21 heavy (non-hydrogen) atoms. The Labute approximate surface area is 125 Å². The zero-order valence-corrected chi connectivity index (χ0v) is 13.1. The second-order valence-corrected chi connectivity index (χ2v) is 6.88. The van der Waals surface area contributed by atoms with Crippen LogP contribution in [0.1, 0.15) is 31.3 Å². The molecule has 2 heterocycles. The fourth-order valence-electron chi connectivity index (χ4n) is 1.69. The highest BCUT2D eigenvalue weighted by molar-refractivity contribution is 7.15. The molecule has 1 N–H and O–H groups in total. The molecule has 0 aromatic carbocycles. The number of hydrogen-bond donors (Lipinski definition) is 1. The van der Waals surface area contributed by atoms with Gasteiger partial charge < -0.3 is 5.32 Å². The molecule has 4 nitrogen and oxygen atoms in total. The van der Waals surface area contributed by atoms with Gasteiger partial charge in [0.05, 0.1) is 11.1 Å². The third kappa shape index (κ3) is 4.04. The van der Waals surface area contributed by atoms with E-state index in [2.05, 4.69) is 15.4 Å². The molecule has 116 valence electrons. The average molecular weight is 318 g/mol. The molecule has 0 saturated carbocycles. The number of aromatic nitrogens is 3. The Bertz CT molecular complexity index is 622. The lowest BCUT2D eigenvalue weighted by Crippen LogP contribution is -2.35. The van der Waals surface area contributed by atoms with Crippen molar-refractivity contribution in [3.8, 4) is 10.6 Å². The van der Waals surface area contributed by atoms with Gasteiger partial charge in [-0.1, -0.05) is 0 Å². The minimum Gasteiger partial charge on any atom is -0.307 e. The lowest BCUT2D eigenvalue weighted by atomic mass is 10.1. The summed E-state index contributed by atoms with van der Waals surface area (Å²) >= 11 is 1.05. The van der Waals surface area contributed by atoms with Crippen molar-refractivity contribution in [3.63, 3.8) is 0 Å². The van der Waals surface area contributed by atoms with E-state index in [1.54, 1.807) is 13.2 Å². The van der Waals surface area contributed by atoms with E-state index in [9.17, 15) is 13.2 Å². The summed E-state index contributed by atoms with van der Waals surface area (Å²) in [6.07, 6.45) is -1.29. The Morgan fingerprint density at radius 1 is 1.29 bits per heavy atom. The first-order valence-corrected chi connectivity index (χ1v) is 7.19. The van der Waals surface area contributed by atoms with Gasteiger partial charge in [-0.25, -0.2) is 4.98 Å². The molecule has 0 saturated heterocycles. The number of hydrogen-bond acceptors (Lipinski definition) is 4. The molecule has 0 unspecified atom stereocenters. The largest absolute Gasteiger partial charge is 0.434 e. The van der Waals surface area contributed by atoms with E-state index in [1.165, 1.54) is 10.9 Å². The van der Waals surface area contributed by atoms with E-state index >= 15 is 0 Å². The number of aryl methyl sites for hydroxylation is 1. The van der Waals surface area contributed by atoms with Crippen molar-refractivity contribution in [2.75, 3.05) is 0 Å². The Kier molecular flexibility index (Phi) is 4.12. The van der Waals surface area contributed by atoms with E-state index in [-0.39, 0.29) is 17.0 Å². The Morgan fingerprint density at radius 2 is 1.95 bits per heavy atom. The second-order valence-electron chi connectivity index (χ2n) is 5.79. The lowest BCUT2D eigenvalue weighted by Gasteiger charge is -2.20. The molecule has 0 fully saturated rings. The van der Waals surface area contributed by atoms with Crippen LogP contribution in [0.5, 0.6) is 0 Å². The number of halogens is 3. The van der Waals surface area contributed by atoms with Crippen molar-refractivity contribution in [1.29, 1.82) is 0 Å². The summed E-state index contributed by atoms with van der Waals surface area (Å²) in [6.45, 7) is 5.85. The van der Waals surface area contributed by atoms with Gasteiger partial charge in [0.1, 0.15) is 5.01 Å². The fraction of sp³-hybridized carbons (Fsp3) is 0.538.